The summed E-state index contributed by atoms with van der Waals surface area (Å²) in [5.41, 5.74) is 0.0366. The molecule has 1 aliphatic heterocycles. The molecule has 476 valence electrons. The van der Waals surface area contributed by atoms with Crippen LogP contribution in [-0.2, 0) is 30.3 Å². The van der Waals surface area contributed by atoms with E-state index in [9.17, 15) is 44.4 Å². The van der Waals surface area contributed by atoms with Crippen LogP contribution in [0.25, 0.3) is 0 Å². The zero-order valence-electron chi connectivity index (χ0n) is 52.4. The second-order valence-corrected chi connectivity index (χ2v) is 23.5. The first-order valence-corrected chi connectivity index (χ1v) is 33.3. The van der Waals surface area contributed by atoms with Crippen molar-refractivity contribution in [1.29, 1.82) is 0 Å². The van der Waals surface area contributed by atoms with E-state index < -0.39 is 65.1 Å². The van der Waals surface area contributed by atoms with Gasteiger partial charge < -0.3 is 48.8 Å². The Labute approximate surface area is 508 Å². The Bertz CT molecular complexity index is 2320. The molecular formula is C70H106O15. The molecule has 0 aliphatic carbocycles. The van der Waals surface area contributed by atoms with E-state index in [1.807, 2.05) is 0 Å². The molecule has 0 aromatic heterocycles. The van der Waals surface area contributed by atoms with Crippen molar-refractivity contribution in [2.45, 2.75) is 303 Å². The summed E-state index contributed by atoms with van der Waals surface area (Å²) in [5, 5.41) is 44.9. The Morgan fingerprint density at radius 3 is 1.01 bits per heavy atom. The van der Waals surface area contributed by atoms with Gasteiger partial charge in [0, 0.05) is 55.4 Å². The predicted molar refractivity (Wildman–Crippen MR) is 332 cm³/mol. The summed E-state index contributed by atoms with van der Waals surface area (Å²) in [6, 6.07) is 7.31. The highest BCUT2D eigenvalue weighted by molar-refractivity contribution is 5.92. The molecule has 3 aromatic carbocycles. The third-order valence-electron chi connectivity index (χ3n) is 15.9. The number of carbonyl (C=O) groups excluding carboxylic acids is 5. The van der Waals surface area contributed by atoms with E-state index in [1.165, 1.54) is 121 Å². The van der Waals surface area contributed by atoms with Crippen molar-refractivity contribution in [3.8, 4) is 51.7 Å². The van der Waals surface area contributed by atoms with E-state index >= 15 is 0 Å². The number of esters is 5. The van der Waals surface area contributed by atoms with Crippen LogP contribution in [0.1, 0.15) is 312 Å². The maximum Gasteiger partial charge on any atom is 0.338 e. The van der Waals surface area contributed by atoms with Crippen molar-refractivity contribution in [2.24, 2.45) is 0 Å². The highest BCUT2D eigenvalue weighted by Gasteiger charge is 2.38. The maximum atomic E-state index is 14.6. The first-order valence-electron chi connectivity index (χ1n) is 33.3. The monoisotopic (exact) mass is 1190 g/mol. The molecule has 0 spiro atoms. The van der Waals surface area contributed by atoms with Gasteiger partial charge in [0.2, 0.25) is 11.5 Å². The van der Waals surface area contributed by atoms with Crippen LogP contribution < -0.4 is 23.7 Å². The number of benzene rings is 3. The molecule has 15 heteroatoms. The molecule has 85 heavy (non-hydrogen) atoms. The average molecular weight is 1190 g/mol. The lowest BCUT2D eigenvalue weighted by atomic mass is 9.93. The van der Waals surface area contributed by atoms with Crippen molar-refractivity contribution in [3.63, 3.8) is 0 Å². The highest BCUT2D eigenvalue weighted by Crippen LogP contribution is 2.47. The molecule has 1 aliphatic rings. The van der Waals surface area contributed by atoms with E-state index in [0.717, 1.165) is 121 Å². The normalized spacial score (nSPS) is 13.6. The molecule has 4 N–H and O–H groups in total. The zero-order valence-corrected chi connectivity index (χ0v) is 52.4. The molecular weight excluding hydrogens is 1080 g/mol. The predicted octanol–water partition coefficient (Wildman–Crippen LogP) is 18.7. The van der Waals surface area contributed by atoms with Crippen molar-refractivity contribution in [1.82, 2.24) is 0 Å². The molecule has 0 saturated carbocycles. The molecule has 2 unspecified atom stereocenters. The van der Waals surface area contributed by atoms with Gasteiger partial charge in [0.15, 0.2) is 29.1 Å². The summed E-state index contributed by atoms with van der Waals surface area (Å²) < 4.78 is 35.7. The van der Waals surface area contributed by atoms with Gasteiger partial charge >= 0.3 is 29.8 Å². The Balaban J connectivity index is 1.63. The molecule has 15 nitrogen and oxygen atoms in total. The number of unbranched alkanes of at least 4 members (excludes halogenated alkanes) is 32. The van der Waals surface area contributed by atoms with Gasteiger partial charge in [-0.05, 0) is 49.9 Å². The van der Waals surface area contributed by atoms with Crippen molar-refractivity contribution >= 4 is 29.8 Å². The SMILES string of the molecule is CCCCCCCCCCCC(=O)Oc1cc(C(=O)OC2Cc3c(O)cc(O)cc3OC2c2cc(OC(=O)CCCCCCCCCCC)c(O)c(OC(=O)CCCCCCCCCCC)c2)cc(OC(=O)CCCCCCCCCCC)c1O. The molecule has 0 saturated heterocycles. The third-order valence-corrected chi connectivity index (χ3v) is 15.9. The van der Waals surface area contributed by atoms with E-state index in [4.69, 9.17) is 28.4 Å². The minimum absolute atomic E-state index is 0.0302. The Morgan fingerprint density at radius 1 is 0.400 bits per heavy atom. The van der Waals surface area contributed by atoms with Crippen molar-refractivity contribution in [2.75, 3.05) is 0 Å². The van der Waals surface area contributed by atoms with E-state index in [0.29, 0.717) is 25.7 Å². The van der Waals surface area contributed by atoms with E-state index in [-0.39, 0.29) is 77.5 Å². The molecule has 0 amide bonds. The highest BCUT2D eigenvalue weighted by atomic mass is 16.6. The van der Waals surface area contributed by atoms with Crippen LogP contribution >= 0.6 is 0 Å². The number of rotatable bonds is 47. The molecule has 2 atom stereocenters. The first kappa shape index (κ1) is 71.5. The fraction of sp³-hybridized carbons (Fsp3) is 0.671. The summed E-state index contributed by atoms with van der Waals surface area (Å²) in [5.74, 6) is -7.01. The standard InChI is InChI=1S/C70H106O15/c1-5-9-13-17-21-25-29-33-37-41-63(73)80-58-45-52(46-59(67(58)77)81-64(74)42-38-34-30-26-22-18-14-10-6-2)69-62(51-55-56(72)49-54(71)50-57(55)84-69)85-70(79)53-47-60(82-65(75)43-39-35-31-27-23-19-15-11-7-3)68(78)61(48-53)83-66(76)44-40-36-32-28-24-20-16-12-8-4/h45-50,62,69,71-72,77-78H,5-44,51H2,1-4H3. The lowest BCUT2D eigenvalue weighted by Crippen LogP contribution is -2.35. The lowest BCUT2D eigenvalue weighted by molar-refractivity contribution is -0.136. The summed E-state index contributed by atoms with van der Waals surface area (Å²) in [6.45, 7) is 8.74. The van der Waals surface area contributed by atoms with Crippen LogP contribution in [0.15, 0.2) is 36.4 Å². The summed E-state index contributed by atoms with van der Waals surface area (Å²) >= 11 is 0. The lowest BCUT2D eigenvalue weighted by Gasteiger charge is -2.34. The summed E-state index contributed by atoms with van der Waals surface area (Å²) in [7, 11) is 0. The number of phenols is 4. The van der Waals surface area contributed by atoms with Gasteiger partial charge in [0.05, 0.1) is 5.56 Å². The molecule has 0 fully saturated rings. The van der Waals surface area contributed by atoms with Crippen LogP contribution in [0.3, 0.4) is 0 Å². The number of fused-ring (bicyclic) bond motifs is 1. The minimum atomic E-state index is -1.33. The van der Waals surface area contributed by atoms with E-state index in [1.54, 1.807) is 0 Å². The number of hydrogen-bond acceptors (Lipinski definition) is 15. The fourth-order valence-corrected chi connectivity index (χ4v) is 10.8. The maximum absolute atomic E-state index is 14.6. The quantitative estimate of drug-likeness (QED) is 0.0235. The number of ether oxygens (including phenoxy) is 6. The van der Waals surface area contributed by atoms with Gasteiger partial charge in [-0.25, -0.2) is 4.79 Å². The molecule has 0 radical (unpaired) electrons. The Morgan fingerprint density at radius 2 is 0.694 bits per heavy atom. The van der Waals surface area contributed by atoms with Gasteiger partial charge in [0.25, 0.3) is 0 Å². The largest absolute Gasteiger partial charge is 0.508 e. The summed E-state index contributed by atoms with van der Waals surface area (Å²) in [4.78, 5) is 68.3. The van der Waals surface area contributed by atoms with Gasteiger partial charge in [-0.15, -0.1) is 0 Å². The second kappa shape index (κ2) is 42.8. The zero-order chi connectivity index (χ0) is 61.4. The molecule has 4 rings (SSSR count). The van der Waals surface area contributed by atoms with Gasteiger partial charge in [-0.3, -0.25) is 19.2 Å². The van der Waals surface area contributed by atoms with E-state index in [2.05, 4.69) is 27.7 Å². The van der Waals surface area contributed by atoms with Gasteiger partial charge in [-0.1, -0.05) is 233 Å². The van der Waals surface area contributed by atoms with Crippen molar-refractivity contribution in [3.05, 3.63) is 53.1 Å². The minimum Gasteiger partial charge on any atom is -0.508 e. The number of phenolic OH excluding ortho intramolecular Hbond substituents is 4. The Hall–Kier alpha value is -5.99. The third kappa shape index (κ3) is 28.4. The van der Waals surface area contributed by atoms with Crippen LogP contribution in [0.2, 0.25) is 0 Å². The average Bonchev–Trinajstić information content (AvgIpc) is 3.21. The van der Waals surface area contributed by atoms with Crippen LogP contribution in [0.4, 0.5) is 0 Å². The number of hydrogen-bond donors (Lipinski definition) is 4. The van der Waals surface area contributed by atoms with Gasteiger partial charge in [0.1, 0.15) is 23.4 Å². The van der Waals surface area contributed by atoms with Crippen LogP contribution in [0, 0.1) is 0 Å². The van der Waals surface area contributed by atoms with Crippen molar-refractivity contribution < 1.29 is 72.8 Å². The second-order valence-electron chi connectivity index (χ2n) is 23.5. The van der Waals surface area contributed by atoms with Gasteiger partial charge in [-0.2, -0.15) is 0 Å². The Kier molecular flexibility index (Phi) is 36.0. The molecule has 0 bridgehead atoms. The molecule has 3 aromatic rings. The van der Waals surface area contributed by atoms with Crippen LogP contribution in [0.5, 0.6) is 51.7 Å². The number of carbonyl (C=O) groups is 5. The van der Waals surface area contributed by atoms with Crippen LogP contribution in [-0.4, -0.2) is 56.4 Å². The number of aromatic hydroxyl groups is 4. The molecule has 1 heterocycles. The first-order chi connectivity index (χ1) is 41.3. The fourth-order valence-electron chi connectivity index (χ4n) is 10.8. The topological polar surface area (TPSA) is 222 Å². The smallest absolute Gasteiger partial charge is 0.338 e. The summed E-state index contributed by atoms with van der Waals surface area (Å²) in [6.07, 6.45) is 34.6.